The summed E-state index contributed by atoms with van der Waals surface area (Å²) in [5.41, 5.74) is 7.32. The van der Waals surface area contributed by atoms with Crippen LogP contribution < -0.4 is 5.73 Å². The Morgan fingerprint density at radius 1 is 1.53 bits per heavy atom. The summed E-state index contributed by atoms with van der Waals surface area (Å²) < 4.78 is 2.05. The second-order valence-corrected chi connectivity index (χ2v) is 7.48. The van der Waals surface area contributed by atoms with Crippen LogP contribution in [-0.4, -0.2) is 15.3 Å². The molecule has 0 spiro atoms. The van der Waals surface area contributed by atoms with Gasteiger partial charge in [-0.15, -0.1) is 11.3 Å². The molecule has 0 radical (unpaired) electrons. The Hall–Kier alpha value is -1.36. The van der Waals surface area contributed by atoms with E-state index in [1.807, 2.05) is 0 Å². The Balaban J connectivity index is 2.00. The quantitative estimate of drug-likeness (QED) is 0.871. The molecule has 0 saturated carbocycles. The van der Waals surface area contributed by atoms with E-state index in [0.717, 1.165) is 23.7 Å². The van der Waals surface area contributed by atoms with Gasteiger partial charge in [-0.2, -0.15) is 0 Å². The number of imidazole rings is 1. The number of aromatic nitrogens is 2. The van der Waals surface area contributed by atoms with E-state index in [9.17, 15) is 4.79 Å². The monoisotopic (exact) mass is 277 g/mol. The topological polar surface area (TPSA) is 60.4 Å². The van der Waals surface area contributed by atoms with E-state index in [1.54, 1.807) is 17.5 Å². The third-order valence-corrected chi connectivity index (χ3v) is 5.26. The summed E-state index contributed by atoms with van der Waals surface area (Å²) in [7, 11) is 0. The van der Waals surface area contributed by atoms with E-state index >= 15 is 0 Å². The number of nitrogens with two attached hydrogens (primary N) is 1. The SMILES string of the molecule is CC(C)(C)C1CCc2c(sc3nc(C(N)=O)cn23)C1. The van der Waals surface area contributed by atoms with Gasteiger partial charge in [0.05, 0.1) is 0 Å². The van der Waals surface area contributed by atoms with Gasteiger partial charge in [-0.05, 0) is 30.6 Å². The van der Waals surface area contributed by atoms with Gasteiger partial charge < -0.3 is 5.73 Å². The summed E-state index contributed by atoms with van der Waals surface area (Å²) in [5.74, 6) is 0.270. The van der Waals surface area contributed by atoms with Gasteiger partial charge in [0, 0.05) is 16.8 Å². The molecular weight excluding hydrogens is 258 g/mol. The molecule has 2 N–H and O–H groups in total. The Morgan fingerprint density at radius 2 is 2.26 bits per heavy atom. The number of nitrogens with zero attached hydrogens (tertiary/aromatic N) is 2. The average molecular weight is 277 g/mol. The highest BCUT2D eigenvalue weighted by Gasteiger charge is 2.31. The lowest BCUT2D eigenvalue weighted by Gasteiger charge is -2.33. The van der Waals surface area contributed by atoms with Crippen molar-refractivity contribution in [2.24, 2.45) is 17.1 Å². The van der Waals surface area contributed by atoms with Crippen molar-refractivity contribution in [3.63, 3.8) is 0 Å². The highest BCUT2D eigenvalue weighted by molar-refractivity contribution is 7.17. The predicted octanol–water partition coefficient (Wildman–Crippen LogP) is 2.65. The number of rotatable bonds is 1. The van der Waals surface area contributed by atoms with Crippen molar-refractivity contribution in [2.75, 3.05) is 0 Å². The molecule has 0 saturated heterocycles. The lowest BCUT2D eigenvalue weighted by molar-refractivity contribution is 0.0996. The van der Waals surface area contributed by atoms with E-state index in [4.69, 9.17) is 5.73 Å². The molecule has 1 amide bonds. The molecule has 1 atom stereocenters. The fourth-order valence-corrected chi connectivity index (χ4v) is 4.07. The first-order chi connectivity index (χ1) is 8.86. The normalized spacial score (nSPS) is 19.6. The molecule has 0 aliphatic heterocycles. The van der Waals surface area contributed by atoms with Crippen LogP contribution in [0.15, 0.2) is 6.20 Å². The summed E-state index contributed by atoms with van der Waals surface area (Å²) >= 11 is 1.70. The van der Waals surface area contributed by atoms with Crippen molar-refractivity contribution in [2.45, 2.75) is 40.0 Å². The highest BCUT2D eigenvalue weighted by Crippen LogP contribution is 2.40. The maximum absolute atomic E-state index is 11.2. The van der Waals surface area contributed by atoms with E-state index in [1.165, 1.54) is 17.0 Å². The predicted molar refractivity (Wildman–Crippen MR) is 76.6 cm³/mol. The zero-order valence-corrected chi connectivity index (χ0v) is 12.4. The molecule has 0 fully saturated rings. The van der Waals surface area contributed by atoms with Gasteiger partial charge in [0.2, 0.25) is 0 Å². The number of aryl methyl sites for hydroxylation is 1. The first kappa shape index (κ1) is 12.7. The van der Waals surface area contributed by atoms with Gasteiger partial charge in [0.15, 0.2) is 4.96 Å². The van der Waals surface area contributed by atoms with Gasteiger partial charge in [-0.3, -0.25) is 9.20 Å². The van der Waals surface area contributed by atoms with Crippen LogP contribution in [0.1, 0.15) is 48.3 Å². The lowest BCUT2D eigenvalue weighted by Crippen LogP contribution is -2.26. The first-order valence-electron chi connectivity index (χ1n) is 6.65. The number of carbonyl (C=O) groups is 1. The Bertz CT molecular complexity index is 647. The highest BCUT2D eigenvalue weighted by atomic mass is 32.1. The Labute approximate surface area is 116 Å². The van der Waals surface area contributed by atoms with Crippen molar-refractivity contribution >= 4 is 22.2 Å². The van der Waals surface area contributed by atoms with Crippen molar-refractivity contribution in [3.05, 3.63) is 22.5 Å². The number of fused-ring (bicyclic) bond motifs is 3. The first-order valence-corrected chi connectivity index (χ1v) is 7.47. The van der Waals surface area contributed by atoms with Crippen molar-refractivity contribution in [1.29, 1.82) is 0 Å². The molecule has 0 aromatic carbocycles. The number of primary amides is 1. The molecule has 1 aliphatic carbocycles. The third-order valence-electron chi connectivity index (χ3n) is 4.14. The minimum absolute atomic E-state index is 0.349. The molecule has 0 bridgehead atoms. The summed E-state index contributed by atoms with van der Waals surface area (Å²) in [4.78, 5) is 17.8. The molecule has 3 rings (SSSR count). The van der Waals surface area contributed by atoms with Gasteiger partial charge in [-0.1, -0.05) is 20.8 Å². The number of thiazole rings is 1. The van der Waals surface area contributed by atoms with Crippen LogP contribution in [0, 0.1) is 11.3 Å². The average Bonchev–Trinajstić information content (AvgIpc) is 2.83. The lowest BCUT2D eigenvalue weighted by atomic mass is 9.73. The van der Waals surface area contributed by atoms with Crippen LogP contribution in [0.3, 0.4) is 0 Å². The fourth-order valence-electron chi connectivity index (χ4n) is 2.85. The molecule has 4 nitrogen and oxygen atoms in total. The molecule has 19 heavy (non-hydrogen) atoms. The summed E-state index contributed by atoms with van der Waals surface area (Å²) in [6.45, 7) is 6.94. The second kappa shape index (κ2) is 4.07. The molecule has 5 heteroatoms. The minimum atomic E-state index is -0.451. The molecule has 2 aromatic heterocycles. The van der Waals surface area contributed by atoms with E-state index < -0.39 is 5.91 Å². The van der Waals surface area contributed by atoms with E-state index in [-0.39, 0.29) is 0 Å². The molecular formula is C14H19N3OS. The smallest absolute Gasteiger partial charge is 0.268 e. The van der Waals surface area contributed by atoms with Crippen molar-refractivity contribution in [1.82, 2.24) is 9.38 Å². The minimum Gasteiger partial charge on any atom is -0.364 e. The van der Waals surface area contributed by atoms with Crippen LogP contribution in [0.4, 0.5) is 0 Å². The second-order valence-electron chi connectivity index (χ2n) is 6.42. The summed E-state index contributed by atoms with van der Waals surface area (Å²) in [6, 6.07) is 0. The molecule has 102 valence electrons. The van der Waals surface area contributed by atoms with E-state index in [0.29, 0.717) is 11.1 Å². The van der Waals surface area contributed by atoms with Crippen molar-refractivity contribution in [3.8, 4) is 0 Å². The molecule has 1 unspecified atom stereocenters. The Kier molecular flexibility index (Phi) is 2.71. The standard InChI is InChI=1S/C14H19N3OS/c1-14(2,3)8-4-5-10-11(6-8)19-13-16-9(12(15)18)7-17(10)13/h7-8H,4-6H2,1-3H3,(H2,15,18). The zero-order chi connectivity index (χ0) is 13.8. The van der Waals surface area contributed by atoms with Crippen LogP contribution in [0.5, 0.6) is 0 Å². The van der Waals surface area contributed by atoms with Gasteiger partial charge in [0.1, 0.15) is 5.69 Å². The summed E-state index contributed by atoms with van der Waals surface area (Å²) in [6.07, 6.45) is 5.17. The van der Waals surface area contributed by atoms with Crippen LogP contribution in [0.25, 0.3) is 4.96 Å². The molecule has 2 heterocycles. The number of amides is 1. The zero-order valence-electron chi connectivity index (χ0n) is 11.6. The number of carbonyl (C=O) groups excluding carboxylic acids is 1. The summed E-state index contributed by atoms with van der Waals surface area (Å²) in [5, 5.41) is 0. The third kappa shape index (κ3) is 2.06. The number of hydrogen-bond donors (Lipinski definition) is 1. The van der Waals surface area contributed by atoms with Crippen LogP contribution in [-0.2, 0) is 12.8 Å². The van der Waals surface area contributed by atoms with Gasteiger partial charge >= 0.3 is 0 Å². The van der Waals surface area contributed by atoms with Crippen LogP contribution in [0.2, 0.25) is 0 Å². The maximum Gasteiger partial charge on any atom is 0.268 e. The number of hydrogen-bond acceptors (Lipinski definition) is 3. The van der Waals surface area contributed by atoms with E-state index in [2.05, 4.69) is 30.2 Å². The maximum atomic E-state index is 11.2. The molecule has 1 aliphatic rings. The molecule has 2 aromatic rings. The van der Waals surface area contributed by atoms with Crippen molar-refractivity contribution < 1.29 is 4.79 Å². The Morgan fingerprint density at radius 3 is 2.89 bits per heavy atom. The van der Waals surface area contributed by atoms with Gasteiger partial charge in [0.25, 0.3) is 5.91 Å². The fraction of sp³-hybridized carbons (Fsp3) is 0.571. The van der Waals surface area contributed by atoms with Gasteiger partial charge in [-0.25, -0.2) is 4.98 Å². The van der Waals surface area contributed by atoms with Crippen LogP contribution >= 0.6 is 11.3 Å². The largest absolute Gasteiger partial charge is 0.364 e.